The van der Waals surface area contributed by atoms with Crippen LogP contribution in [0.3, 0.4) is 0 Å². The average Bonchev–Trinajstić information content (AvgIpc) is 3.11. The van der Waals surface area contributed by atoms with E-state index in [2.05, 4.69) is 39.7 Å². The van der Waals surface area contributed by atoms with Crippen LogP contribution in [0.5, 0.6) is 11.5 Å². The van der Waals surface area contributed by atoms with Gasteiger partial charge in [-0.3, -0.25) is 0 Å². The van der Waals surface area contributed by atoms with Crippen LogP contribution in [-0.4, -0.2) is 40.2 Å². The number of benzene rings is 2. The number of hydrogen-bond donors (Lipinski definition) is 0. The molecule has 2 aromatic carbocycles. The smallest absolute Gasteiger partial charge is 0.132 e. The van der Waals surface area contributed by atoms with Gasteiger partial charge in [-0.25, -0.2) is 4.68 Å². The summed E-state index contributed by atoms with van der Waals surface area (Å²) in [6, 6.07) is 14.2. The van der Waals surface area contributed by atoms with Gasteiger partial charge in [0, 0.05) is 17.0 Å². The third-order valence-electron chi connectivity index (χ3n) is 3.50. The first-order valence-corrected chi connectivity index (χ1v) is 8.84. The second-order valence-electron chi connectivity index (χ2n) is 5.66. The Morgan fingerprint density at radius 3 is 2.54 bits per heavy atom. The standard InChI is InChI=1S/C18H20N4OS/c1-21(2)13-14-12-15(22-11-10-19-20-22)4-9-18(14)23-16-5-7-17(24-3)8-6-16/h4-12H,13H2,1-3H3. The molecule has 0 unspecified atom stereocenters. The highest BCUT2D eigenvalue weighted by Crippen LogP contribution is 2.29. The van der Waals surface area contributed by atoms with Gasteiger partial charge in [0.05, 0.1) is 18.1 Å². The molecule has 3 rings (SSSR count). The molecular weight excluding hydrogens is 320 g/mol. The zero-order valence-electron chi connectivity index (χ0n) is 14.0. The van der Waals surface area contributed by atoms with Crippen LogP contribution in [0.2, 0.25) is 0 Å². The summed E-state index contributed by atoms with van der Waals surface area (Å²) in [6.07, 6.45) is 5.56. The minimum Gasteiger partial charge on any atom is -0.457 e. The van der Waals surface area contributed by atoms with Crippen LogP contribution in [0.1, 0.15) is 5.56 Å². The summed E-state index contributed by atoms with van der Waals surface area (Å²) in [5.74, 6) is 1.69. The van der Waals surface area contributed by atoms with Crippen LogP contribution < -0.4 is 4.74 Å². The summed E-state index contributed by atoms with van der Waals surface area (Å²) in [7, 11) is 4.08. The molecule has 0 aliphatic carbocycles. The fraction of sp³-hybridized carbons (Fsp3) is 0.222. The molecule has 3 aromatic rings. The predicted octanol–water partition coefficient (Wildman–Crippen LogP) is 3.84. The third kappa shape index (κ3) is 3.96. The highest BCUT2D eigenvalue weighted by Gasteiger charge is 2.09. The van der Waals surface area contributed by atoms with Crippen molar-refractivity contribution in [3.8, 4) is 17.2 Å². The summed E-state index contributed by atoms with van der Waals surface area (Å²) in [6.45, 7) is 0.779. The van der Waals surface area contributed by atoms with Gasteiger partial charge in [0.1, 0.15) is 11.5 Å². The molecule has 0 saturated carbocycles. The number of nitrogens with zero attached hydrogens (tertiary/aromatic N) is 4. The van der Waals surface area contributed by atoms with E-state index >= 15 is 0 Å². The van der Waals surface area contributed by atoms with Crippen molar-refractivity contribution in [2.75, 3.05) is 20.4 Å². The molecule has 0 saturated heterocycles. The third-order valence-corrected chi connectivity index (χ3v) is 4.25. The average molecular weight is 340 g/mol. The maximum atomic E-state index is 6.10. The van der Waals surface area contributed by atoms with Gasteiger partial charge in [0.25, 0.3) is 0 Å². The molecule has 0 N–H and O–H groups in total. The Hall–Kier alpha value is -2.31. The molecule has 6 heteroatoms. The summed E-state index contributed by atoms with van der Waals surface area (Å²) < 4.78 is 7.85. The largest absolute Gasteiger partial charge is 0.457 e. The first-order valence-electron chi connectivity index (χ1n) is 7.62. The summed E-state index contributed by atoms with van der Waals surface area (Å²) >= 11 is 1.72. The van der Waals surface area contributed by atoms with E-state index in [-0.39, 0.29) is 0 Å². The molecule has 0 spiro atoms. The molecule has 24 heavy (non-hydrogen) atoms. The molecule has 0 atom stereocenters. The second-order valence-corrected chi connectivity index (χ2v) is 6.53. The van der Waals surface area contributed by atoms with Crippen molar-refractivity contribution < 1.29 is 4.74 Å². The highest BCUT2D eigenvalue weighted by molar-refractivity contribution is 7.98. The maximum Gasteiger partial charge on any atom is 0.132 e. The molecule has 1 aromatic heterocycles. The van der Waals surface area contributed by atoms with Gasteiger partial charge in [0.2, 0.25) is 0 Å². The Balaban J connectivity index is 1.90. The van der Waals surface area contributed by atoms with Crippen molar-refractivity contribution in [3.05, 3.63) is 60.4 Å². The van der Waals surface area contributed by atoms with E-state index < -0.39 is 0 Å². The van der Waals surface area contributed by atoms with Gasteiger partial charge in [-0.2, -0.15) is 0 Å². The molecular formula is C18H20N4OS. The van der Waals surface area contributed by atoms with E-state index in [1.54, 1.807) is 22.6 Å². The fourth-order valence-electron chi connectivity index (χ4n) is 2.39. The van der Waals surface area contributed by atoms with E-state index in [1.165, 1.54) is 4.90 Å². The van der Waals surface area contributed by atoms with Crippen LogP contribution in [0.4, 0.5) is 0 Å². The Labute approximate surface area is 146 Å². The van der Waals surface area contributed by atoms with Crippen molar-refractivity contribution in [3.63, 3.8) is 0 Å². The van der Waals surface area contributed by atoms with E-state index in [0.29, 0.717) is 0 Å². The summed E-state index contributed by atoms with van der Waals surface area (Å²) in [5, 5.41) is 7.91. The van der Waals surface area contributed by atoms with E-state index in [4.69, 9.17) is 4.74 Å². The lowest BCUT2D eigenvalue weighted by molar-refractivity contribution is 0.388. The van der Waals surface area contributed by atoms with Gasteiger partial charge in [-0.1, -0.05) is 5.21 Å². The topological polar surface area (TPSA) is 43.2 Å². The number of hydrogen-bond acceptors (Lipinski definition) is 5. The number of aromatic nitrogens is 3. The van der Waals surface area contributed by atoms with Crippen molar-refractivity contribution >= 4 is 11.8 Å². The van der Waals surface area contributed by atoms with Gasteiger partial charge in [-0.15, -0.1) is 16.9 Å². The lowest BCUT2D eigenvalue weighted by Crippen LogP contribution is -2.12. The van der Waals surface area contributed by atoms with Crippen LogP contribution >= 0.6 is 11.8 Å². The number of thioether (sulfide) groups is 1. The Morgan fingerprint density at radius 1 is 1.12 bits per heavy atom. The SMILES string of the molecule is CSc1ccc(Oc2ccc(-n3ccnn3)cc2CN(C)C)cc1. The molecule has 124 valence electrons. The van der Waals surface area contributed by atoms with Crippen molar-refractivity contribution in [2.45, 2.75) is 11.4 Å². The Bertz CT molecular complexity index is 785. The first-order chi connectivity index (χ1) is 11.7. The van der Waals surface area contributed by atoms with Crippen LogP contribution in [0.25, 0.3) is 5.69 Å². The number of ether oxygens (including phenoxy) is 1. The minimum atomic E-state index is 0.779. The molecule has 0 amide bonds. The molecule has 0 fully saturated rings. The summed E-state index contributed by atoms with van der Waals surface area (Å²) in [4.78, 5) is 3.34. The quantitative estimate of drug-likeness (QED) is 0.638. The van der Waals surface area contributed by atoms with Crippen LogP contribution in [0, 0.1) is 0 Å². The van der Waals surface area contributed by atoms with Gasteiger partial charge >= 0.3 is 0 Å². The first kappa shape index (κ1) is 16.5. The maximum absolute atomic E-state index is 6.10. The Kier molecular flexibility index (Phi) is 5.17. The minimum absolute atomic E-state index is 0.779. The molecule has 5 nitrogen and oxygen atoms in total. The zero-order chi connectivity index (χ0) is 16.9. The van der Waals surface area contributed by atoms with Gasteiger partial charge in [-0.05, 0) is 62.8 Å². The van der Waals surface area contributed by atoms with Crippen LogP contribution in [-0.2, 0) is 6.54 Å². The molecule has 0 bridgehead atoms. The van der Waals surface area contributed by atoms with Crippen molar-refractivity contribution in [1.29, 1.82) is 0 Å². The van der Waals surface area contributed by atoms with Gasteiger partial charge in [0.15, 0.2) is 0 Å². The van der Waals surface area contributed by atoms with E-state index in [9.17, 15) is 0 Å². The van der Waals surface area contributed by atoms with Gasteiger partial charge < -0.3 is 9.64 Å². The number of rotatable bonds is 6. The van der Waals surface area contributed by atoms with E-state index in [1.807, 2.05) is 44.6 Å². The fourth-order valence-corrected chi connectivity index (χ4v) is 2.80. The zero-order valence-corrected chi connectivity index (χ0v) is 14.8. The second kappa shape index (κ2) is 7.51. The molecule has 0 aliphatic heterocycles. The molecule has 1 heterocycles. The van der Waals surface area contributed by atoms with Crippen LogP contribution in [0.15, 0.2) is 59.8 Å². The van der Waals surface area contributed by atoms with Crippen molar-refractivity contribution in [1.82, 2.24) is 19.9 Å². The normalized spacial score (nSPS) is 11.0. The lowest BCUT2D eigenvalue weighted by atomic mass is 10.1. The van der Waals surface area contributed by atoms with E-state index in [0.717, 1.165) is 29.3 Å². The van der Waals surface area contributed by atoms with Crippen molar-refractivity contribution in [2.24, 2.45) is 0 Å². The molecule has 0 aliphatic rings. The Morgan fingerprint density at radius 2 is 1.92 bits per heavy atom. The summed E-state index contributed by atoms with van der Waals surface area (Å²) in [5.41, 5.74) is 2.07. The molecule has 0 radical (unpaired) electrons. The lowest BCUT2D eigenvalue weighted by Gasteiger charge is -2.16. The predicted molar refractivity (Wildman–Crippen MR) is 97.0 cm³/mol. The monoisotopic (exact) mass is 340 g/mol. The highest BCUT2D eigenvalue weighted by atomic mass is 32.2.